The van der Waals surface area contributed by atoms with Crippen molar-refractivity contribution in [3.8, 4) is 0 Å². The molecular weight excluding hydrogens is 318 g/mol. The van der Waals surface area contributed by atoms with Gasteiger partial charge in [0, 0.05) is 36.0 Å². The normalized spacial score (nSPS) is 14.2. The standard InChI is InChI=1S/C18H21N5O2/c1-4-23-11(3)13(9-20-23)8-19-17(24)14-7-15(12-5-6-12)21-18-16(14)10(2)22-25-18/h7,9,12H,4-6,8H2,1-3H3,(H,19,24). The molecule has 0 aromatic carbocycles. The highest BCUT2D eigenvalue weighted by Crippen LogP contribution is 2.40. The maximum atomic E-state index is 12.8. The Balaban J connectivity index is 1.62. The van der Waals surface area contributed by atoms with E-state index >= 15 is 0 Å². The fraction of sp³-hybridized carbons (Fsp3) is 0.444. The third-order valence-electron chi connectivity index (χ3n) is 4.82. The van der Waals surface area contributed by atoms with Crippen LogP contribution in [-0.2, 0) is 13.1 Å². The first-order chi connectivity index (χ1) is 12.1. The topological polar surface area (TPSA) is 85.8 Å². The van der Waals surface area contributed by atoms with Crippen LogP contribution < -0.4 is 5.32 Å². The maximum Gasteiger partial charge on any atom is 0.259 e. The first-order valence-corrected chi connectivity index (χ1v) is 8.65. The average molecular weight is 339 g/mol. The van der Waals surface area contributed by atoms with Crippen LogP contribution in [0.3, 0.4) is 0 Å². The number of nitrogens with zero attached hydrogens (tertiary/aromatic N) is 4. The lowest BCUT2D eigenvalue weighted by atomic mass is 10.1. The molecule has 0 aliphatic heterocycles. The number of carbonyl (C=O) groups is 1. The smallest absolute Gasteiger partial charge is 0.259 e. The molecule has 1 saturated carbocycles. The number of aromatic nitrogens is 4. The number of aryl methyl sites for hydroxylation is 2. The maximum absolute atomic E-state index is 12.8. The number of rotatable bonds is 5. The van der Waals surface area contributed by atoms with Gasteiger partial charge in [0.15, 0.2) is 0 Å². The van der Waals surface area contributed by atoms with Gasteiger partial charge in [-0.3, -0.25) is 9.48 Å². The molecular formula is C18H21N5O2. The summed E-state index contributed by atoms with van der Waals surface area (Å²) in [5.74, 6) is 0.302. The van der Waals surface area contributed by atoms with Crippen molar-refractivity contribution >= 4 is 17.0 Å². The first-order valence-electron chi connectivity index (χ1n) is 8.65. The molecule has 1 amide bonds. The van der Waals surface area contributed by atoms with Crippen molar-refractivity contribution in [2.24, 2.45) is 0 Å². The van der Waals surface area contributed by atoms with Gasteiger partial charge >= 0.3 is 0 Å². The first kappa shape index (κ1) is 15.8. The van der Waals surface area contributed by atoms with Crippen molar-refractivity contribution in [3.63, 3.8) is 0 Å². The zero-order valence-corrected chi connectivity index (χ0v) is 14.7. The van der Waals surface area contributed by atoms with Gasteiger partial charge in [-0.15, -0.1) is 0 Å². The van der Waals surface area contributed by atoms with Crippen molar-refractivity contribution in [3.05, 3.63) is 40.5 Å². The van der Waals surface area contributed by atoms with Crippen molar-refractivity contribution in [1.29, 1.82) is 0 Å². The molecule has 3 aromatic rings. The zero-order chi connectivity index (χ0) is 17.6. The predicted octanol–water partition coefficient (Wildman–Crippen LogP) is 2.86. The van der Waals surface area contributed by atoms with E-state index in [9.17, 15) is 4.79 Å². The van der Waals surface area contributed by atoms with Gasteiger partial charge in [0.25, 0.3) is 11.6 Å². The van der Waals surface area contributed by atoms with E-state index in [1.807, 2.05) is 37.7 Å². The van der Waals surface area contributed by atoms with Crippen molar-refractivity contribution < 1.29 is 9.32 Å². The van der Waals surface area contributed by atoms with Crippen LogP contribution in [0.2, 0.25) is 0 Å². The summed E-state index contributed by atoms with van der Waals surface area (Å²) in [6.07, 6.45) is 4.03. The van der Waals surface area contributed by atoms with Crippen LogP contribution >= 0.6 is 0 Å². The Kier molecular flexibility index (Phi) is 3.78. The molecule has 0 saturated heterocycles. The summed E-state index contributed by atoms with van der Waals surface area (Å²) in [4.78, 5) is 17.4. The van der Waals surface area contributed by atoms with Crippen molar-refractivity contribution in [2.75, 3.05) is 0 Å². The Morgan fingerprint density at radius 2 is 2.20 bits per heavy atom. The molecule has 3 aromatic heterocycles. The minimum Gasteiger partial charge on any atom is -0.348 e. The van der Waals surface area contributed by atoms with Gasteiger partial charge in [0.2, 0.25) is 0 Å². The van der Waals surface area contributed by atoms with Gasteiger partial charge in [0.1, 0.15) is 0 Å². The molecule has 1 aliphatic carbocycles. The van der Waals surface area contributed by atoms with E-state index in [1.54, 1.807) is 0 Å². The number of nitrogens with one attached hydrogen (secondary N) is 1. The molecule has 130 valence electrons. The molecule has 0 atom stereocenters. The molecule has 7 heteroatoms. The van der Waals surface area contributed by atoms with E-state index in [-0.39, 0.29) is 5.91 Å². The molecule has 3 heterocycles. The van der Waals surface area contributed by atoms with Gasteiger partial charge in [-0.05, 0) is 39.7 Å². The Bertz CT molecular complexity index is 952. The Labute approximate surface area is 145 Å². The van der Waals surface area contributed by atoms with Gasteiger partial charge in [-0.25, -0.2) is 4.98 Å². The average Bonchev–Trinajstić information content (AvgIpc) is 3.32. The number of carbonyl (C=O) groups excluding carboxylic acids is 1. The van der Waals surface area contributed by atoms with Crippen molar-refractivity contribution in [2.45, 2.75) is 52.6 Å². The van der Waals surface area contributed by atoms with Gasteiger partial charge in [0.05, 0.1) is 22.8 Å². The summed E-state index contributed by atoms with van der Waals surface area (Å²) in [6, 6.07) is 1.89. The number of hydrogen-bond acceptors (Lipinski definition) is 5. The van der Waals surface area contributed by atoms with E-state index in [1.165, 1.54) is 0 Å². The van der Waals surface area contributed by atoms with E-state index in [2.05, 4.69) is 20.6 Å². The van der Waals surface area contributed by atoms with Gasteiger partial charge in [-0.2, -0.15) is 5.10 Å². The lowest BCUT2D eigenvalue weighted by Gasteiger charge is -2.08. The highest BCUT2D eigenvalue weighted by molar-refractivity contribution is 6.06. The monoisotopic (exact) mass is 339 g/mol. The zero-order valence-electron chi connectivity index (χ0n) is 14.7. The predicted molar refractivity (Wildman–Crippen MR) is 92.3 cm³/mol. The molecule has 25 heavy (non-hydrogen) atoms. The molecule has 0 bridgehead atoms. The second kappa shape index (κ2) is 5.98. The number of amides is 1. The second-order valence-electron chi connectivity index (χ2n) is 6.57. The van der Waals surface area contributed by atoms with Crippen LogP contribution in [-0.4, -0.2) is 25.8 Å². The lowest BCUT2D eigenvalue weighted by Crippen LogP contribution is -2.23. The van der Waals surface area contributed by atoms with Crippen LogP contribution in [0.5, 0.6) is 0 Å². The summed E-state index contributed by atoms with van der Waals surface area (Å²) in [7, 11) is 0. The Morgan fingerprint density at radius 1 is 1.40 bits per heavy atom. The quantitative estimate of drug-likeness (QED) is 0.772. The summed E-state index contributed by atoms with van der Waals surface area (Å²) in [5, 5.41) is 12.0. The van der Waals surface area contributed by atoms with Gasteiger partial charge < -0.3 is 9.84 Å². The Hall–Kier alpha value is -2.70. The number of hydrogen-bond donors (Lipinski definition) is 1. The highest BCUT2D eigenvalue weighted by Gasteiger charge is 2.28. The third kappa shape index (κ3) is 2.79. The van der Waals surface area contributed by atoms with Crippen molar-refractivity contribution in [1.82, 2.24) is 25.2 Å². The van der Waals surface area contributed by atoms with Gasteiger partial charge in [-0.1, -0.05) is 5.16 Å². The second-order valence-corrected chi connectivity index (χ2v) is 6.57. The third-order valence-corrected chi connectivity index (χ3v) is 4.82. The number of pyridine rings is 1. The summed E-state index contributed by atoms with van der Waals surface area (Å²) >= 11 is 0. The van der Waals surface area contributed by atoms with E-state index in [0.717, 1.165) is 36.3 Å². The molecule has 7 nitrogen and oxygen atoms in total. The molecule has 0 unspecified atom stereocenters. The van der Waals surface area contributed by atoms with Crippen LogP contribution in [0.4, 0.5) is 0 Å². The SMILES string of the molecule is CCn1ncc(CNC(=O)c2cc(C3CC3)nc3onc(C)c23)c1C. The van der Waals surface area contributed by atoms with E-state index in [4.69, 9.17) is 4.52 Å². The fourth-order valence-corrected chi connectivity index (χ4v) is 3.13. The molecule has 4 rings (SSSR count). The van der Waals surface area contributed by atoms with E-state index < -0.39 is 0 Å². The summed E-state index contributed by atoms with van der Waals surface area (Å²) in [5.41, 5.74) is 4.73. The molecule has 0 radical (unpaired) electrons. The van der Waals surface area contributed by atoms with E-state index in [0.29, 0.717) is 34.8 Å². The molecule has 1 aliphatic rings. The highest BCUT2D eigenvalue weighted by atomic mass is 16.5. The summed E-state index contributed by atoms with van der Waals surface area (Å²) < 4.78 is 7.22. The van der Waals surface area contributed by atoms with Crippen LogP contribution in [0.1, 0.15) is 58.7 Å². The fourth-order valence-electron chi connectivity index (χ4n) is 3.13. The van der Waals surface area contributed by atoms with Crippen LogP contribution in [0.15, 0.2) is 16.8 Å². The lowest BCUT2D eigenvalue weighted by molar-refractivity contribution is 0.0952. The summed E-state index contributed by atoms with van der Waals surface area (Å²) in [6.45, 7) is 7.14. The number of fused-ring (bicyclic) bond motifs is 1. The Morgan fingerprint density at radius 3 is 2.88 bits per heavy atom. The minimum atomic E-state index is -0.135. The van der Waals surface area contributed by atoms with Crippen LogP contribution in [0, 0.1) is 13.8 Å². The largest absolute Gasteiger partial charge is 0.348 e. The van der Waals surface area contributed by atoms with Crippen LogP contribution in [0.25, 0.3) is 11.1 Å². The minimum absolute atomic E-state index is 0.135. The molecule has 1 N–H and O–H groups in total. The molecule has 0 spiro atoms. The molecule has 1 fully saturated rings.